The van der Waals surface area contributed by atoms with Gasteiger partial charge in [0.25, 0.3) is 0 Å². The van der Waals surface area contributed by atoms with E-state index in [0.29, 0.717) is 6.42 Å². The van der Waals surface area contributed by atoms with Crippen LogP contribution < -0.4 is 0 Å². The summed E-state index contributed by atoms with van der Waals surface area (Å²) in [5, 5.41) is 0. The number of hydrogen-bond acceptors (Lipinski definition) is 1. The van der Waals surface area contributed by atoms with Crippen LogP contribution in [0.4, 0.5) is 17.6 Å². The maximum Gasteiger partial charge on any atom is 0.246 e. The molecule has 0 saturated heterocycles. The average Bonchev–Trinajstić information content (AvgIpc) is 2.41. The molecular weight excluding hydrogens is 288 g/mol. The SMILES string of the molecule is CC(C)(CCCCCc1cc(F)c(F)c(F)c1F)O[Si]. The lowest BCUT2D eigenvalue weighted by atomic mass is 9.99. The quantitative estimate of drug-likeness (QED) is 0.241. The molecule has 1 aromatic carbocycles. The van der Waals surface area contributed by atoms with E-state index in [-0.39, 0.29) is 17.6 Å². The second kappa shape index (κ2) is 7.22. The molecule has 1 rings (SSSR count). The van der Waals surface area contributed by atoms with Gasteiger partial charge in [-0.25, -0.2) is 17.6 Å². The molecule has 3 radical (unpaired) electrons. The second-order valence-electron chi connectivity index (χ2n) is 5.38. The predicted molar refractivity (Wildman–Crippen MR) is 69.4 cm³/mol. The summed E-state index contributed by atoms with van der Waals surface area (Å²) in [5.41, 5.74) is -0.423. The summed E-state index contributed by atoms with van der Waals surface area (Å²) in [6, 6.07) is 0.721. The van der Waals surface area contributed by atoms with E-state index in [0.717, 1.165) is 25.3 Å². The van der Waals surface area contributed by atoms with Crippen molar-refractivity contribution in [2.45, 2.75) is 51.6 Å². The van der Waals surface area contributed by atoms with Crippen molar-refractivity contribution >= 4 is 10.5 Å². The first-order valence-corrected chi connectivity index (χ1v) is 6.86. The Morgan fingerprint density at radius 2 is 1.65 bits per heavy atom. The normalized spacial score (nSPS) is 11.9. The molecule has 111 valence electrons. The molecule has 0 aliphatic heterocycles. The summed E-state index contributed by atoms with van der Waals surface area (Å²) >= 11 is 0. The Balaban J connectivity index is 2.47. The minimum atomic E-state index is -1.76. The first-order chi connectivity index (χ1) is 9.28. The van der Waals surface area contributed by atoms with E-state index in [9.17, 15) is 17.6 Å². The van der Waals surface area contributed by atoms with Gasteiger partial charge in [-0.3, -0.25) is 0 Å². The van der Waals surface area contributed by atoms with Crippen LogP contribution in [0.5, 0.6) is 0 Å². The van der Waals surface area contributed by atoms with Gasteiger partial charge in [0.15, 0.2) is 23.3 Å². The van der Waals surface area contributed by atoms with E-state index in [1.165, 1.54) is 0 Å². The van der Waals surface area contributed by atoms with Gasteiger partial charge < -0.3 is 4.43 Å². The summed E-state index contributed by atoms with van der Waals surface area (Å²) in [7, 11) is 2.99. The smallest absolute Gasteiger partial charge is 0.246 e. The zero-order valence-electron chi connectivity index (χ0n) is 11.5. The standard InChI is InChI=1S/C14H17F4OSi/c1-14(2,19-20)7-5-3-4-6-9-8-10(15)12(17)13(18)11(9)16/h8H,3-7H2,1-2H3. The summed E-state index contributed by atoms with van der Waals surface area (Å²) in [5.74, 6) is -6.16. The first kappa shape index (κ1) is 17.2. The Labute approximate surface area is 119 Å². The van der Waals surface area contributed by atoms with Gasteiger partial charge in [0.2, 0.25) is 10.5 Å². The van der Waals surface area contributed by atoms with Crippen molar-refractivity contribution in [1.82, 2.24) is 0 Å². The lowest BCUT2D eigenvalue weighted by molar-refractivity contribution is 0.109. The van der Waals surface area contributed by atoms with E-state index in [1.54, 1.807) is 0 Å². The summed E-state index contributed by atoms with van der Waals surface area (Å²) in [6.45, 7) is 3.84. The van der Waals surface area contributed by atoms with E-state index in [4.69, 9.17) is 4.43 Å². The highest BCUT2D eigenvalue weighted by atomic mass is 28.2. The highest BCUT2D eigenvalue weighted by Gasteiger charge is 2.18. The number of aryl methyl sites for hydroxylation is 1. The van der Waals surface area contributed by atoms with Crippen molar-refractivity contribution in [3.05, 3.63) is 34.9 Å². The number of hydrogen-bond donors (Lipinski definition) is 0. The van der Waals surface area contributed by atoms with Crippen molar-refractivity contribution in [2.75, 3.05) is 0 Å². The maximum absolute atomic E-state index is 13.4. The van der Waals surface area contributed by atoms with Crippen LogP contribution in [0.25, 0.3) is 0 Å². The van der Waals surface area contributed by atoms with Crippen molar-refractivity contribution < 1.29 is 22.0 Å². The van der Waals surface area contributed by atoms with Gasteiger partial charge in [-0.2, -0.15) is 0 Å². The fraction of sp³-hybridized carbons (Fsp3) is 0.571. The van der Waals surface area contributed by atoms with Crippen molar-refractivity contribution in [3.63, 3.8) is 0 Å². The highest BCUT2D eigenvalue weighted by molar-refractivity contribution is 5.98. The molecule has 0 N–H and O–H groups in total. The predicted octanol–water partition coefficient (Wildman–Crippen LogP) is 4.22. The third-order valence-electron chi connectivity index (χ3n) is 3.18. The van der Waals surface area contributed by atoms with Gasteiger partial charge in [0.05, 0.1) is 0 Å². The maximum atomic E-state index is 13.4. The van der Waals surface area contributed by atoms with Crippen LogP contribution in [0.1, 0.15) is 45.1 Å². The van der Waals surface area contributed by atoms with Crippen molar-refractivity contribution in [3.8, 4) is 0 Å². The monoisotopic (exact) mass is 305 g/mol. The second-order valence-corrected chi connectivity index (χ2v) is 5.59. The summed E-state index contributed by atoms with van der Waals surface area (Å²) in [4.78, 5) is 0. The van der Waals surface area contributed by atoms with Crippen molar-refractivity contribution in [1.29, 1.82) is 0 Å². The van der Waals surface area contributed by atoms with E-state index < -0.39 is 23.3 Å². The fourth-order valence-corrected chi connectivity index (χ4v) is 2.00. The van der Waals surface area contributed by atoms with Gasteiger partial charge in [-0.1, -0.05) is 12.8 Å². The number of benzene rings is 1. The first-order valence-electron chi connectivity index (χ1n) is 6.45. The molecule has 6 heteroatoms. The molecular formula is C14H17F4OSi. The number of unbranched alkanes of at least 4 members (excludes halogenated alkanes) is 2. The molecule has 1 nitrogen and oxygen atoms in total. The van der Waals surface area contributed by atoms with Crippen LogP contribution in [0.2, 0.25) is 0 Å². The van der Waals surface area contributed by atoms with Crippen LogP contribution >= 0.6 is 0 Å². The molecule has 0 aliphatic carbocycles. The van der Waals surface area contributed by atoms with Gasteiger partial charge in [-0.15, -0.1) is 0 Å². The average molecular weight is 305 g/mol. The molecule has 0 spiro atoms. The Morgan fingerprint density at radius 1 is 1.00 bits per heavy atom. The lowest BCUT2D eigenvalue weighted by Crippen LogP contribution is -2.22. The van der Waals surface area contributed by atoms with E-state index in [1.807, 2.05) is 13.8 Å². The molecule has 1 aromatic rings. The summed E-state index contributed by atoms with van der Waals surface area (Å²) < 4.78 is 57.2. The Hall–Kier alpha value is -0.883. The van der Waals surface area contributed by atoms with Crippen LogP contribution in [0.3, 0.4) is 0 Å². The number of halogens is 4. The van der Waals surface area contributed by atoms with Crippen LogP contribution in [-0.2, 0) is 10.8 Å². The van der Waals surface area contributed by atoms with Gasteiger partial charge >= 0.3 is 0 Å². The van der Waals surface area contributed by atoms with Gasteiger partial charge in [-0.05, 0) is 44.7 Å². The molecule has 0 amide bonds. The summed E-state index contributed by atoms with van der Waals surface area (Å²) in [6.07, 6.45) is 3.14. The van der Waals surface area contributed by atoms with Crippen molar-refractivity contribution in [2.24, 2.45) is 0 Å². The molecule has 0 heterocycles. The number of rotatable bonds is 7. The topological polar surface area (TPSA) is 9.23 Å². The minimum absolute atomic E-state index is 0.128. The molecule has 0 bridgehead atoms. The zero-order chi connectivity index (χ0) is 15.3. The third kappa shape index (κ3) is 4.59. The lowest BCUT2D eigenvalue weighted by Gasteiger charge is -2.22. The van der Waals surface area contributed by atoms with E-state index in [2.05, 4.69) is 10.5 Å². The van der Waals surface area contributed by atoms with Crippen LogP contribution in [0, 0.1) is 23.3 Å². The minimum Gasteiger partial charge on any atom is -0.414 e. The van der Waals surface area contributed by atoms with Crippen LogP contribution in [0.15, 0.2) is 6.07 Å². The third-order valence-corrected chi connectivity index (χ3v) is 3.73. The van der Waals surface area contributed by atoms with Gasteiger partial charge in [0, 0.05) is 5.60 Å². The van der Waals surface area contributed by atoms with Gasteiger partial charge in [0.1, 0.15) is 0 Å². The molecule has 0 atom stereocenters. The van der Waals surface area contributed by atoms with E-state index >= 15 is 0 Å². The highest BCUT2D eigenvalue weighted by Crippen LogP contribution is 2.22. The molecule has 0 fully saturated rings. The molecule has 0 unspecified atom stereocenters. The molecule has 20 heavy (non-hydrogen) atoms. The zero-order valence-corrected chi connectivity index (χ0v) is 12.5. The molecule has 0 aliphatic rings. The molecule has 0 aromatic heterocycles. The Bertz CT molecular complexity index is 463. The largest absolute Gasteiger partial charge is 0.414 e. The van der Waals surface area contributed by atoms with Crippen LogP contribution in [-0.4, -0.2) is 16.1 Å². The Morgan fingerprint density at radius 3 is 2.25 bits per heavy atom. The fourth-order valence-electron chi connectivity index (χ4n) is 1.90. The molecule has 0 saturated carbocycles. The Kier molecular flexibility index (Phi) is 6.20.